The first-order valence-electron chi connectivity index (χ1n) is 17.5. The van der Waals surface area contributed by atoms with E-state index >= 15 is 0 Å². The first kappa shape index (κ1) is 27.5. The Bertz CT molecular complexity index is 2980. The van der Waals surface area contributed by atoms with Crippen LogP contribution >= 0.6 is 23.1 Å². The van der Waals surface area contributed by atoms with Crippen LogP contribution in [-0.2, 0) is 5.41 Å². The fraction of sp³-hybridized carbons (Fsp3) is 0.0638. The fourth-order valence-electron chi connectivity index (χ4n) is 9.54. The van der Waals surface area contributed by atoms with Gasteiger partial charge < -0.3 is 4.57 Å². The Balaban J connectivity index is 1.24. The smallest absolute Gasteiger partial charge is 0.0698 e. The zero-order valence-electron chi connectivity index (χ0n) is 27.1. The molecule has 0 saturated carbocycles. The molecule has 0 unspecified atom stereocenters. The number of benzene rings is 7. The van der Waals surface area contributed by atoms with E-state index in [1.807, 2.05) is 23.1 Å². The van der Waals surface area contributed by atoms with Crippen molar-refractivity contribution < 1.29 is 0 Å². The second kappa shape index (κ2) is 9.88. The lowest BCUT2D eigenvalue weighted by molar-refractivity contribution is 0.674. The molecule has 3 heteroatoms. The molecule has 2 aliphatic carbocycles. The molecular weight excluding hydrogens is 643 g/mol. The number of rotatable bonds is 1. The Labute approximate surface area is 297 Å². The Kier molecular flexibility index (Phi) is 5.43. The predicted molar refractivity (Wildman–Crippen MR) is 214 cm³/mol. The third-order valence-electron chi connectivity index (χ3n) is 11.5. The molecule has 0 saturated heterocycles. The van der Waals surface area contributed by atoms with Crippen LogP contribution in [0.1, 0.15) is 29.5 Å². The predicted octanol–water partition coefficient (Wildman–Crippen LogP) is 13.3. The molecule has 0 fully saturated rings. The van der Waals surface area contributed by atoms with Gasteiger partial charge in [-0.05, 0) is 88.0 Å². The molecule has 1 aliphatic heterocycles. The summed E-state index contributed by atoms with van der Waals surface area (Å²) in [6, 6.07) is 53.0. The van der Waals surface area contributed by atoms with Crippen LogP contribution in [0.4, 0.5) is 0 Å². The summed E-state index contributed by atoms with van der Waals surface area (Å²) in [7, 11) is 0. The van der Waals surface area contributed by atoms with Crippen LogP contribution in [0, 0.1) is 0 Å². The topological polar surface area (TPSA) is 4.93 Å². The molecule has 3 heterocycles. The monoisotopic (exact) mass is 671 g/mol. The molecule has 2 aromatic heterocycles. The van der Waals surface area contributed by atoms with Crippen molar-refractivity contribution in [3.05, 3.63) is 179 Å². The van der Waals surface area contributed by atoms with Gasteiger partial charge in [-0.1, -0.05) is 127 Å². The highest BCUT2D eigenvalue weighted by Crippen LogP contribution is 2.64. The van der Waals surface area contributed by atoms with Gasteiger partial charge in [0.25, 0.3) is 0 Å². The summed E-state index contributed by atoms with van der Waals surface area (Å²) >= 11 is 3.85. The SMILES string of the molecule is C1=CC2=C(CC1)C1(c3cc4c5ccc6ccccc6c5n(-c5ccc6sc7ccccc7c6c5)c4cc3S2)c2ccccc2-c2ccccc21. The molecule has 0 bridgehead atoms. The molecule has 234 valence electrons. The van der Waals surface area contributed by atoms with E-state index in [0.29, 0.717) is 0 Å². The van der Waals surface area contributed by atoms with Gasteiger partial charge in [0.2, 0.25) is 0 Å². The van der Waals surface area contributed by atoms with Crippen molar-refractivity contribution in [2.75, 3.05) is 0 Å². The van der Waals surface area contributed by atoms with E-state index in [1.54, 1.807) is 5.57 Å². The van der Waals surface area contributed by atoms with Crippen LogP contribution in [0.2, 0.25) is 0 Å². The van der Waals surface area contributed by atoms with Crippen molar-refractivity contribution in [3.8, 4) is 16.8 Å². The average molecular weight is 672 g/mol. The number of allylic oxidation sites excluding steroid dienone is 3. The van der Waals surface area contributed by atoms with E-state index in [2.05, 4.69) is 156 Å². The van der Waals surface area contributed by atoms with E-state index < -0.39 is 0 Å². The summed E-state index contributed by atoms with van der Waals surface area (Å²) in [5.74, 6) is 0. The standard InChI is InChI=1S/C47H29NS2/c1-2-12-30-28(11-1)21-23-34-35-26-40-45(27-41(35)48(46(30)34)29-22-24-43-36(25-29)33-15-5-9-19-42(33)49-43)50-44-20-10-8-18-39(44)47(40)37-16-6-3-13-31(37)32-14-4-7-17-38(32)47/h1-7,9-17,19-27H,8,18H2. The highest BCUT2D eigenvalue weighted by Gasteiger charge is 2.51. The van der Waals surface area contributed by atoms with Crippen molar-refractivity contribution in [1.29, 1.82) is 0 Å². The second-order valence-electron chi connectivity index (χ2n) is 13.9. The number of hydrogen-bond acceptors (Lipinski definition) is 2. The number of hydrogen-bond donors (Lipinski definition) is 0. The summed E-state index contributed by atoms with van der Waals surface area (Å²) in [6.45, 7) is 0. The largest absolute Gasteiger partial charge is 0.309 e. The number of fused-ring (bicyclic) bond motifs is 16. The van der Waals surface area contributed by atoms with E-state index in [4.69, 9.17) is 0 Å². The average Bonchev–Trinajstić information content (AvgIpc) is 3.81. The zero-order valence-corrected chi connectivity index (χ0v) is 28.7. The van der Waals surface area contributed by atoms with E-state index in [-0.39, 0.29) is 5.41 Å². The summed E-state index contributed by atoms with van der Waals surface area (Å²) in [5, 5.41) is 7.83. The molecule has 0 radical (unpaired) electrons. The number of thioether (sulfide) groups is 1. The van der Waals surface area contributed by atoms with Gasteiger partial charge in [-0.25, -0.2) is 0 Å². The summed E-state index contributed by atoms with van der Waals surface area (Å²) in [6.07, 6.45) is 6.92. The van der Waals surface area contributed by atoms with E-state index in [0.717, 1.165) is 12.8 Å². The molecular formula is C47H29NS2. The summed E-state index contributed by atoms with van der Waals surface area (Å²) in [5.41, 5.74) is 12.0. The molecule has 0 N–H and O–H groups in total. The number of thiophene rings is 1. The molecule has 3 aliphatic rings. The van der Waals surface area contributed by atoms with Gasteiger partial charge in [0.15, 0.2) is 0 Å². The van der Waals surface area contributed by atoms with Gasteiger partial charge in [0.1, 0.15) is 0 Å². The molecule has 12 rings (SSSR count). The zero-order chi connectivity index (χ0) is 32.6. The van der Waals surface area contributed by atoms with Crippen LogP contribution in [0.25, 0.3) is 69.6 Å². The highest BCUT2D eigenvalue weighted by molar-refractivity contribution is 8.03. The molecule has 1 nitrogen and oxygen atoms in total. The third kappa shape index (κ3) is 3.39. The quantitative estimate of drug-likeness (QED) is 0.168. The van der Waals surface area contributed by atoms with Crippen LogP contribution in [0.15, 0.2) is 167 Å². The fourth-order valence-corrected chi connectivity index (χ4v) is 11.9. The first-order chi connectivity index (χ1) is 24.8. The molecule has 50 heavy (non-hydrogen) atoms. The van der Waals surface area contributed by atoms with Crippen LogP contribution in [-0.4, -0.2) is 4.57 Å². The van der Waals surface area contributed by atoms with Crippen molar-refractivity contribution in [2.45, 2.75) is 23.2 Å². The van der Waals surface area contributed by atoms with Crippen LogP contribution < -0.4 is 0 Å². The number of nitrogens with zero attached hydrogens (tertiary/aromatic N) is 1. The van der Waals surface area contributed by atoms with Gasteiger partial charge in [-0.3, -0.25) is 0 Å². The van der Waals surface area contributed by atoms with E-state index in [1.165, 1.54) is 96.1 Å². The summed E-state index contributed by atoms with van der Waals surface area (Å²) < 4.78 is 5.23. The Morgan fingerprint density at radius 1 is 0.560 bits per heavy atom. The molecule has 7 aromatic carbocycles. The maximum absolute atomic E-state index is 2.59. The van der Waals surface area contributed by atoms with Crippen molar-refractivity contribution >= 4 is 75.8 Å². The minimum absolute atomic E-state index is 0.318. The third-order valence-corrected chi connectivity index (χ3v) is 13.8. The van der Waals surface area contributed by atoms with Crippen molar-refractivity contribution in [1.82, 2.24) is 4.57 Å². The molecule has 9 aromatic rings. The molecule has 1 spiro atoms. The normalized spacial score (nSPS) is 15.8. The van der Waals surface area contributed by atoms with E-state index in [9.17, 15) is 0 Å². The lowest BCUT2D eigenvalue weighted by Crippen LogP contribution is -2.33. The van der Waals surface area contributed by atoms with Crippen molar-refractivity contribution in [3.63, 3.8) is 0 Å². The lowest BCUT2D eigenvalue weighted by atomic mass is 9.65. The molecule has 0 amide bonds. The maximum Gasteiger partial charge on any atom is 0.0698 e. The lowest BCUT2D eigenvalue weighted by Gasteiger charge is -2.42. The van der Waals surface area contributed by atoms with Gasteiger partial charge in [-0.2, -0.15) is 0 Å². The van der Waals surface area contributed by atoms with Crippen molar-refractivity contribution in [2.24, 2.45) is 0 Å². The molecule has 0 atom stereocenters. The first-order valence-corrected chi connectivity index (χ1v) is 19.1. The van der Waals surface area contributed by atoms with Crippen LogP contribution in [0.5, 0.6) is 0 Å². The Hall–Kier alpha value is -5.35. The minimum Gasteiger partial charge on any atom is -0.309 e. The van der Waals surface area contributed by atoms with Gasteiger partial charge in [0.05, 0.1) is 16.4 Å². The van der Waals surface area contributed by atoms with Gasteiger partial charge in [0, 0.05) is 51.8 Å². The van der Waals surface area contributed by atoms with Gasteiger partial charge in [-0.15, -0.1) is 11.3 Å². The summed E-state index contributed by atoms with van der Waals surface area (Å²) in [4.78, 5) is 2.76. The minimum atomic E-state index is -0.318. The van der Waals surface area contributed by atoms with Gasteiger partial charge >= 0.3 is 0 Å². The second-order valence-corrected chi connectivity index (χ2v) is 16.1. The maximum atomic E-state index is 2.59. The number of aromatic nitrogens is 1. The Morgan fingerprint density at radius 2 is 1.30 bits per heavy atom. The Morgan fingerprint density at radius 3 is 2.16 bits per heavy atom. The highest BCUT2D eigenvalue weighted by atomic mass is 32.2. The van der Waals surface area contributed by atoms with Crippen LogP contribution in [0.3, 0.4) is 0 Å².